The molecule has 0 saturated carbocycles. The summed E-state index contributed by atoms with van der Waals surface area (Å²) in [5.41, 5.74) is 1.84. The van der Waals surface area contributed by atoms with Gasteiger partial charge in [-0.3, -0.25) is 9.78 Å². The summed E-state index contributed by atoms with van der Waals surface area (Å²) in [5.74, 6) is 0.00534. The number of carbonyl (C=O) groups excluding carboxylic acids is 1. The molecule has 1 amide bonds. The normalized spacial score (nSPS) is 12.2. The summed E-state index contributed by atoms with van der Waals surface area (Å²) in [6.45, 7) is 2.69. The minimum absolute atomic E-state index is 0.00534. The Morgan fingerprint density at radius 3 is 2.95 bits per heavy atom. The summed E-state index contributed by atoms with van der Waals surface area (Å²) in [6, 6.07) is 9.87. The van der Waals surface area contributed by atoms with Crippen molar-refractivity contribution in [1.82, 2.24) is 19.9 Å². The summed E-state index contributed by atoms with van der Waals surface area (Å²) in [7, 11) is 0. The van der Waals surface area contributed by atoms with Gasteiger partial charge in [0.2, 0.25) is 5.91 Å². The molecule has 1 aromatic carbocycles. The molecule has 3 aromatic rings. The van der Waals surface area contributed by atoms with Crippen molar-refractivity contribution < 1.29 is 4.79 Å². The van der Waals surface area contributed by atoms with E-state index in [1.165, 1.54) is 0 Å². The number of rotatable bonds is 5. The summed E-state index contributed by atoms with van der Waals surface area (Å²) in [4.78, 5) is 20.6. The van der Waals surface area contributed by atoms with Gasteiger partial charge in [-0.15, -0.1) is 0 Å². The third kappa shape index (κ3) is 3.31. The van der Waals surface area contributed by atoms with Crippen LogP contribution in [0.5, 0.6) is 0 Å². The average Bonchev–Trinajstić information content (AvgIpc) is 3.00. The largest absolute Gasteiger partial charge is 0.352 e. The zero-order chi connectivity index (χ0) is 15.4. The van der Waals surface area contributed by atoms with Crippen LogP contribution in [-0.2, 0) is 17.8 Å². The molecule has 2 aromatic heterocycles. The second kappa shape index (κ2) is 6.39. The second-order valence-electron chi connectivity index (χ2n) is 5.40. The molecule has 0 saturated heterocycles. The van der Waals surface area contributed by atoms with Crippen molar-refractivity contribution in [2.45, 2.75) is 25.9 Å². The highest BCUT2D eigenvalue weighted by Crippen LogP contribution is 2.16. The summed E-state index contributed by atoms with van der Waals surface area (Å²) in [6.07, 6.45) is 7.46. The number of para-hydroxylation sites is 1. The fourth-order valence-electron chi connectivity index (χ4n) is 2.57. The van der Waals surface area contributed by atoms with E-state index >= 15 is 0 Å². The number of nitrogens with zero attached hydrogens (tertiary/aromatic N) is 3. The van der Waals surface area contributed by atoms with Crippen LogP contribution in [0.1, 0.15) is 12.5 Å². The Morgan fingerprint density at radius 1 is 1.27 bits per heavy atom. The molecule has 22 heavy (non-hydrogen) atoms. The summed E-state index contributed by atoms with van der Waals surface area (Å²) >= 11 is 0. The number of nitrogens with one attached hydrogen (secondary N) is 1. The van der Waals surface area contributed by atoms with Crippen LogP contribution in [0, 0.1) is 0 Å². The van der Waals surface area contributed by atoms with Gasteiger partial charge in [-0.1, -0.05) is 24.3 Å². The van der Waals surface area contributed by atoms with Crippen LogP contribution in [-0.4, -0.2) is 26.5 Å². The van der Waals surface area contributed by atoms with E-state index in [1.807, 2.05) is 48.0 Å². The van der Waals surface area contributed by atoms with Gasteiger partial charge in [0.05, 0.1) is 18.3 Å². The first kappa shape index (κ1) is 14.3. The van der Waals surface area contributed by atoms with E-state index in [0.29, 0.717) is 13.0 Å². The molecule has 1 atom stereocenters. The van der Waals surface area contributed by atoms with Crippen LogP contribution in [0.2, 0.25) is 0 Å². The number of hydrogen-bond acceptors (Lipinski definition) is 3. The van der Waals surface area contributed by atoms with Crippen molar-refractivity contribution in [1.29, 1.82) is 0 Å². The lowest BCUT2D eigenvalue weighted by Crippen LogP contribution is -2.36. The van der Waals surface area contributed by atoms with Crippen molar-refractivity contribution in [2.24, 2.45) is 0 Å². The van der Waals surface area contributed by atoms with E-state index in [0.717, 1.165) is 16.5 Å². The zero-order valence-corrected chi connectivity index (χ0v) is 12.4. The molecular weight excluding hydrogens is 276 g/mol. The molecule has 5 heteroatoms. The standard InChI is InChI=1S/C17H18N4O/c1-13(11-21-9-8-18-12-21)20-16(22)10-15-5-2-4-14-6-3-7-19-17(14)15/h2-9,12-13H,10-11H2,1H3,(H,20,22)/t13-/m0/s1. The van der Waals surface area contributed by atoms with Gasteiger partial charge in [0, 0.05) is 36.6 Å². The van der Waals surface area contributed by atoms with Crippen LogP contribution in [0.4, 0.5) is 0 Å². The molecule has 0 aliphatic heterocycles. The zero-order valence-electron chi connectivity index (χ0n) is 12.4. The number of hydrogen-bond donors (Lipinski definition) is 1. The molecule has 5 nitrogen and oxygen atoms in total. The Balaban J connectivity index is 1.65. The van der Waals surface area contributed by atoms with Gasteiger partial charge >= 0.3 is 0 Å². The first-order chi connectivity index (χ1) is 10.7. The fourth-order valence-corrected chi connectivity index (χ4v) is 2.57. The van der Waals surface area contributed by atoms with Gasteiger partial charge in [-0.25, -0.2) is 4.98 Å². The lowest BCUT2D eigenvalue weighted by Gasteiger charge is -2.14. The SMILES string of the molecule is C[C@@H](Cn1ccnc1)NC(=O)Cc1cccc2cccnc12. The molecule has 0 spiro atoms. The van der Waals surface area contributed by atoms with Gasteiger partial charge in [0.25, 0.3) is 0 Å². The third-order valence-corrected chi connectivity index (χ3v) is 3.52. The Kier molecular flexibility index (Phi) is 4.14. The van der Waals surface area contributed by atoms with E-state index in [9.17, 15) is 4.79 Å². The molecule has 0 aliphatic carbocycles. The van der Waals surface area contributed by atoms with E-state index < -0.39 is 0 Å². The van der Waals surface area contributed by atoms with E-state index in [-0.39, 0.29) is 11.9 Å². The van der Waals surface area contributed by atoms with E-state index in [2.05, 4.69) is 15.3 Å². The molecule has 2 heterocycles. The van der Waals surface area contributed by atoms with Gasteiger partial charge in [0.1, 0.15) is 0 Å². The molecule has 0 unspecified atom stereocenters. The monoisotopic (exact) mass is 294 g/mol. The Labute approximate surface area is 129 Å². The van der Waals surface area contributed by atoms with Crippen molar-refractivity contribution in [2.75, 3.05) is 0 Å². The second-order valence-corrected chi connectivity index (χ2v) is 5.40. The van der Waals surface area contributed by atoms with Crippen LogP contribution in [0.15, 0.2) is 55.2 Å². The van der Waals surface area contributed by atoms with Crippen molar-refractivity contribution in [3.63, 3.8) is 0 Å². The fraction of sp³-hybridized carbons (Fsp3) is 0.235. The molecule has 0 bridgehead atoms. The predicted octanol–water partition coefficient (Wildman–Crippen LogP) is 2.18. The smallest absolute Gasteiger partial charge is 0.224 e. The lowest BCUT2D eigenvalue weighted by atomic mass is 10.1. The van der Waals surface area contributed by atoms with Gasteiger partial charge < -0.3 is 9.88 Å². The van der Waals surface area contributed by atoms with Gasteiger partial charge in [-0.2, -0.15) is 0 Å². The van der Waals surface area contributed by atoms with Gasteiger partial charge in [0.15, 0.2) is 0 Å². The third-order valence-electron chi connectivity index (χ3n) is 3.52. The molecular formula is C17H18N4O. The number of aromatic nitrogens is 3. The number of benzene rings is 1. The first-order valence-corrected chi connectivity index (χ1v) is 7.30. The highest BCUT2D eigenvalue weighted by atomic mass is 16.1. The predicted molar refractivity (Wildman–Crippen MR) is 85.3 cm³/mol. The molecule has 0 fully saturated rings. The quantitative estimate of drug-likeness (QED) is 0.784. The molecule has 0 aliphatic rings. The molecule has 0 radical (unpaired) electrons. The van der Waals surface area contributed by atoms with Crippen molar-refractivity contribution in [3.8, 4) is 0 Å². The molecule has 112 valence electrons. The van der Waals surface area contributed by atoms with Crippen molar-refractivity contribution in [3.05, 3.63) is 60.8 Å². The highest BCUT2D eigenvalue weighted by molar-refractivity contribution is 5.87. The number of amides is 1. The topological polar surface area (TPSA) is 59.8 Å². The highest BCUT2D eigenvalue weighted by Gasteiger charge is 2.11. The first-order valence-electron chi connectivity index (χ1n) is 7.30. The van der Waals surface area contributed by atoms with E-state index in [1.54, 1.807) is 18.7 Å². The Bertz CT molecular complexity index is 762. The number of pyridine rings is 1. The minimum atomic E-state index is 0.00534. The Hall–Kier alpha value is -2.69. The maximum Gasteiger partial charge on any atom is 0.224 e. The lowest BCUT2D eigenvalue weighted by molar-refractivity contribution is -0.121. The van der Waals surface area contributed by atoms with Crippen LogP contribution in [0.25, 0.3) is 10.9 Å². The Morgan fingerprint density at radius 2 is 2.14 bits per heavy atom. The number of fused-ring (bicyclic) bond motifs is 1. The molecule has 1 N–H and O–H groups in total. The van der Waals surface area contributed by atoms with Gasteiger partial charge in [-0.05, 0) is 18.6 Å². The minimum Gasteiger partial charge on any atom is -0.352 e. The van der Waals surface area contributed by atoms with Crippen LogP contribution < -0.4 is 5.32 Å². The maximum atomic E-state index is 12.2. The summed E-state index contributed by atoms with van der Waals surface area (Å²) < 4.78 is 1.95. The van der Waals surface area contributed by atoms with Crippen LogP contribution in [0.3, 0.4) is 0 Å². The summed E-state index contributed by atoms with van der Waals surface area (Å²) in [5, 5.41) is 4.07. The van der Waals surface area contributed by atoms with Crippen molar-refractivity contribution >= 4 is 16.8 Å². The number of imidazole rings is 1. The number of carbonyl (C=O) groups is 1. The van der Waals surface area contributed by atoms with E-state index in [4.69, 9.17) is 0 Å². The maximum absolute atomic E-state index is 12.2. The average molecular weight is 294 g/mol. The molecule has 3 rings (SSSR count). The van der Waals surface area contributed by atoms with Crippen LogP contribution >= 0.6 is 0 Å².